The summed E-state index contributed by atoms with van der Waals surface area (Å²) >= 11 is 0. The molecule has 170 valence electrons. The predicted octanol–water partition coefficient (Wildman–Crippen LogP) is 4.84. The van der Waals surface area contributed by atoms with E-state index in [2.05, 4.69) is 46.2 Å². The molecule has 0 saturated carbocycles. The van der Waals surface area contributed by atoms with Crippen LogP contribution in [0.25, 0.3) is 28.0 Å². The van der Waals surface area contributed by atoms with Crippen LogP contribution < -0.4 is 4.74 Å². The SMILES string of the molecule is CCC1CC(c2ccnc3c(-c4ccnc(OC)c4)c(-c4ccncc4)nn23)C(C)N1CC. The van der Waals surface area contributed by atoms with Crippen molar-refractivity contribution in [3.63, 3.8) is 0 Å². The van der Waals surface area contributed by atoms with E-state index in [1.165, 1.54) is 5.69 Å². The molecule has 0 aromatic carbocycles. The fourth-order valence-corrected chi connectivity index (χ4v) is 5.40. The fraction of sp³-hybridized carbons (Fsp3) is 0.385. The molecular weight excluding hydrogens is 412 g/mol. The van der Waals surface area contributed by atoms with Crippen molar-refractivity contribution in [1.82, 2.24) is 29.5 Å². The summed E-state index contributed by atoms with van der Waals surface area (Å²) in [6, 6.07) is 11.1. The van der Waals surface area contributed by atoms with Gasteiger partial charge < -0.3 is 4.74 Å². The van der Waals surface area contributed by atoms with E-state index in [1.807, 2.05) is 30.5 Å². The monoisotopic (exact) mass is 442 g/mol. The molecular formula is C26H30N6O. The average Bonchev–Trinajstić information content (AvgIpc) is 3.42. The number of fused-ring (bicyclic) bond motifs is 1. The molecule has 1 saturated heterocycles. The highest BCUT2D eigenvalue weighted by molar-refractivity contribution is 5.90. The molecule has 5 rings (SSSR count). The Hall–Kier alpha value is -3.32. The van der Waals surface area contributed by atoms with Gasteiger partial charge in [-0.3, -0.25) is 9.88 Å². The van der Waals surface area contributed by atoms with Crippen LogP contribution in [0.3, 0.4) is 0 Å². The zero-order valence-corrected chi connectivity index (χ0v) is 19.6. The van der Waals surface area contributed by atoms with Crippen LogP contribution in [0.5, 0.6) is 5.88 Å². The number of ether oxygens (including phenoxy) is 1. The van der Waals surface area contributed by atoms with Crippen LogP contribution in [0.2, 0.25) is 0 Å². The molecule has 1 aliphatic rings. The Balaban J connectivity index is 1.73. The average molecular weight is 443 g/mol. The first-order valence-electron chi connectivity index (χ1n) is 11.7. The summed E-state index contributed by atoms with van der Waals surface area (Å²) in [5.74, 6) is 0.961. The molecule has 1 fully saturated rings. The van der Waals surface area contributed by atoms with Gasteiger partial charge in [0.15, 0.2) is 5.65 Å². The molecule has 3 atom stereocenters. The van der Waals surface area contributed by atoms with Crippen molar-refractivity contribution in [2.75, 3.05) is 13.7 Å². The summed E-state index contributed by atoms with van der Waals surface area (Å²) in [5, 5.41) is 5.14. The van der Waals surface area contributed by atoms with E-state index < -0.39 is 0 Å². The van der Waals surface area contributed by atoms with Gasteiger partial charge in [-0.25, -0.2) is 14.5 Å². The Bertz CT molecular complexity index is 1250. The van der Waals surface area contributed by atoms with Gasteiger partial charge in [0, 0.05) is 54.4 Å². The number of aromatic nitrogens is 5. The number of rotatable bonds is 6. The number of likely N-dealkylation sites (N-methyl/N-ethyl adjacent to an activating group) is 1. The molecule has 1 aliphatic heterocycles. The van der Waals surface area contributed by atoms with E-state index in [-0.39, 0.29) is 0 Å². The smallest absolute Gasteiger partial charge is 0.213 e. The highest BCUT2D eigenvalue weighted by atomic mass is 16.5. The minimum absolute atomic E-state index is 0.394. The molecule has 0 amide bonds. The van der Waals surface area contributed by atoms with Crippen molar-refractivity contribution in [1.29, 1.82) is 0 Å². The maximum atomic E-state index is 5.40. The summed E-state index contributed by atoms with van der Waals surface area (Å²) in [5.41, 5.74) is 5.92. The third kappa shape index (κ3) is 3.66. The highest BCUT2D eigenvalue weighted by Crippen LogP contribution is 2.41. The Morgan fingerprint density at radius 1 is 1.00 bits per heavy atom. The first-order chi connectivity index (χ1) is 16.2. The Morgan fingerprint density at radius 2 is 1.76 bits per heavy atom. The van der Waals surface area contributed by atoms with Gasteiger partial charge in [0.05, 0.1) is 18.4 Å². The van der Waals surface area contributed by atoms with Crippen molar-refractivity contribution in [2.45, 2.75) is 51.6 Å². The second-order valence-corrected chi connectivity index (χ2v) is 8.63. The van der Waals surface area contributed by atoms with Crippen molar-refractivity contribution < 1.29 is 4.74 Å². The Kier molecular flexibility index (Phi) is 5.81. The van der Waals surface area contributed by atoms with Gasteiger partial charge in [-0.2, -0.15) is 5.10 Å². The topological polar surface area (TPSA) is 68.4 Å². The van der Waals surface area contributed by atoms with Crippen molar-refractivity contribution in [3.8, 4) is 28.3 Å². The van der Waals surface area contributed by atoms with E-state index in [9.17, 15) is 0 Å². The summed E-state index contributed by atoms with van der Waals surface area (Å²) in [4.78, 5) is 15.9. The minimum atomic E-state index is 0.394. The van der Waals surface area contributed by atoms with Crippen LogP contribution in [-0.2, 0) is 0 Å². The molecule has 4 aromatic heterocycles. The van der Waals surface area contributed by atoms with Crippen LogP contribution in [-0.4, -0.2) is 55.2 Å². The number of hydrogen-bond donors (Lipinski definition) is 0. The minimum Gasteiger partial charge on any atom is -0.481 e. The van der Waals surface area contributed by atoms with Crippen LogP contribution in [0, 0.1) is 0 Å². The molecule has 0 radical (unpaired) electrons. The first-order valence-corrected chi connectivity index (χ1v) is 11.7. The van der Waals surface area contributed by atoms with Crippen LogP contribution in [0.1, 0.15) is 45.2 Å². The Morgan fingerprint density at radius 3 is 2.45 bits per heavy atom. The van der Waals surface area contributed by atoms with E-state index in [0.717, 1.165) is 47.4 Å². The number of nitrogens with zero attached hydrogens (tertiary/aromatic N) is 6. The molecule has 0 aliphatic carbocycles. The largest absolute Gasteiger partial charge is 0.481 e. The maximum Gasteiger partial charge on any atom is 0.213 e. The van der Waals surface area contributed by atoms with Gasteiger partial charge in [-0.15, -0.1) is 0 Å². The van der Waals surface area contributed by atoms with E-state index in [1.54, 1.807) is 25.7 Å². The normalized spacial score (nSPS) is 21.0. The zero-order chi connectivity index (χ0) is 22.9. The molecule has 5 heterocycles. The molecule has 33 heavy (non-hydrogen) atoms. The lowest BCUT2D eigenvalue weighted by atomic mass is 9.95. The number of pyridine rings is 2. The quantitative estimate of drug-likeness (QED) is 0.426. The summed E-state index contributed by atoms with van der Waals surface area (Å²) in [6.45, 7) is 7.95. The standard InChI is InChI=1S/C26H30N6O/c1-5-20-16-21(17(3)31(20)6-2)22-10-14-29-26-24(19-9-13-28-23(15-19)33-4)25(30-32(22)26)18-7-11-27-12-8-18/h7-15,17,20-21H,5-6,16H2,1-4H3. The van der Waals surface area contributed by atoms with Gasteiger partial charge >= 0.3 is 0 Å². The molecule has 7 heteroatoms. The second-order valence-electron chi connectivity index (χ2n) is 8.63. The van der Waals surface area contributed by atoms with Crippen LogP contribution in [0.15, 0.2) is 55.1 Å². The lowest BCUT2D eigenvalue weighted by molar-refractivity contribution is 0.205. The van der Waals surface area contributed by atoms with Gasteiger partial charge in [0.2, 0.25) is 5.88 Å². The zero-order valence-electron chi connectivity index (χ0n) is 19.6. The van der Waals surface area contributed by atoms with E-state index in [0.29, 0.717) is 23.9 Å². The highest BCUT2D eigenvalue weighted by Gasteiger charge is 2.39. The lowest BCUT2D eigenvalue weighted by Crippen LogP contribution is -2.35. The van der Waals surface area contributed by atoms with Crippen molar-refractivity contribution in [3.05, 3.63) is 60.8 Å². The maximum absolute atomic E-state index is 5.40. The number of hydrogen-bond acceptors (Lipinski definition) is 6. The fourth-order valence-electron chi connectivity index (χ4n) is 5.40. The molecule has 7 nitrogen and oxygen atoms in total. The number of methoxy groups -OCH3 is 1. The summed E-state index contributed by atoms with van der Waals surface area (Å²) in [6.07, 6.45) is 9.58. The summed E-state index contributed by atoms with van der Waals surface area (Å²) < 4.78 is 7.46. The van der Waals surface area contributed by atoms with Crippen LogP contribution >= 0.6 is 0 Å². The van der Waals surface area contributed by atoms with Gasteiger partial charge in [0.25, 0.3) is 0 Å². The Labute approximate surface area is 194 Å². The van der Waals surface area contributed by atoms with Gasteiger partial charge in [-0.05, 0) is 56.1 Å². The molecule has 4 aromatic rings. The molecule has 0 N–H and O–H groups in total. The summed E-state index contributed by atoms with van der Waals surface area (Å²) in [7, 11) is 1.63. The number of likely N-dealkylation sites (tertiary alicyclic amines) is 1. The first kappa shape index (κ1) is 21.5. The predicted molar refractivity (Wildman–Crippen MR) is 129 cm³/mol. The molecule has 0 bridgehead atoms. The van der Waals surface area contributed by atoms with Gasteiger partial charge in [0.1, 0.15) is 5.69 Å². The lowest BCUT2D eigenvalue weighted by Gasteiger charge is -2.27. The van der Waals surface area contributed by atoms with E-state index >= 15 is 0 Å². The molecule has 3 unspecified atom stereocenters. The van der Waals surface area contributed by atoms with Crippen molar-refractivity contribution >= 4 is 5.65 Å². The van der Waals surface area contributed by atoms with Crippen LogP contribution in [0.4, 0.5) is 0 Å². The van der Waals surface area contributed by atoms with Crippen molar-refractivity contribution in [2.24, 2.45) is 0 Å². The third-order valence-electron chi connectivity index (χ3n) is 7.05. The van der Waals surface area contributed by atoms with E-state index in [4.69, 9.17) is 14.8 Å². The second kappa shape index (κ2) is 8.90. The van der Waals surface area contributed by atoms with Gasteiger partial charge in [-0.1, -0.05) is 13.8 Å². The molecule has 0 spiro atoms. The third-order valence-corrected chi connectivity index (χ3v) is 7.05.